The molecule has 8 heteroatoms. The van der Waals surface area contributed by atoms with Crippen molar-refractivity contribution in [3.63, 3.8) is 0 Å². The van der Waals surface area contributed by atoms with Gasteiger partial charge in [0.2, 0.25) is 11.8 Å². The summed E-state index contributed by atoms with van der Waals surface area (Å²) in [6.45, 7) is 3.90. The highest BCUT2D eigenvalue weighted by atomic mass is 16.5. The molecule has 2 rings (SSSR count). The van der Waals surface area contributed by atoms with Gasteiger partial charge in [0.1, 0.15) is 23.3 Å². The summed E-state index contributed by atoms with van der Waals surface area (Å²) >= 11 is 0. The molecule has 0 saturated heterocycles. The van der Waals surface area contributed by atoms with Crippen molar-refractivity contribution in [1.82, 2.24) is 10.6 Å². The number of methoxy groups -OCH3 is 1. The zero-order chi connectivity index (χ0) is 25.6. The molecule has 0 aliphatic heterocycles. The molecule has 1 atom stereocenters. The summed E-state index contributed by atoms with van der Waals surface area (Å²) in [7, 11) is 1.60. The van der Waals surface area contributed by atoms with Crippen LogP contribution in [0.1, 0.15) is 50.7 Å². The van der Waals surface area contributed by atoms with Crippen molar-refractivity contribution in [1.29, 1.82) is 0 Å². The lowest BCUT2D eigenvalue weighted by molar-refractivity contribution is -0.136. The minimum Gasteiger partial charge on any atom is -0.497 e. The molecule has 0 aromatic heterocycles. The van der Waals surface area contributed by atoms with Crippen LogP contribution in [0.4, 0.5) is 0 Å². The number of aryl methyl sites for hydroxylation is 1. The molecule has 0 heterocycles. The van der Waals surface area contributed by atoms with Gasteiger partial charge in [-0.3, -0.25) is 14.4 Å². The van der Waals surface area contributed by atoms with Gasteiger partial charge >= 0.3 is 5.97 Å². The molecule has 0 spiro atoms. The number of amides is 2. The first-order chi connectivity index (χ1) is 16.8. The first kappa shape index (κ1) is 27.6. The fourth-order valence-electron chi connectivity index (χ4n) is 3.29. The molecule has 2 amide bonds. The van der Waals surface area contributed by atoms with Gasteiger partial charge in [0.25, 0.3) is 0 Å². The van der Waals surface area contributed by atoms with Crippen LogP contribution in [0.15, 0.2) is 48.5 Å². The second-order valence-corrected chi connectivity index (χ2v) is 8.28. The molecule has 0 aliphatic rings. The van der Waals surface area contributed by atoms with Gasteiger partial charge < -0.3 is 24.9 Å². The average molecular weight is 483 g/mol. The summed E-state index contributed by atoms with van der Waals surface area (Å²) in [5.41, 5.74) is 1.81. The molecular formula is C27H34N2O6. The summed E-state index contributed by atoms with van der Waals surface area (Å²) in [4.78, 5) is 48.1. The number of benzene rings is 2. The van der Waals surface area contributed by atoms with E-state index in [2.05, 4.69) is 10.6 Å². The monoisotopic (exact) mass is 482 g/mol. The number of ether oxygens (including phenoxy) is 2. The molecule has 0 bridgehead atoms. The maximum absolute atomic E-state index is 12.7. The van der Waals surface area contributed by atoms with Gasteiger partial charge in [-0.1, -0.05) is 31.2 Å². The number of Topliss-reactive ketones (excluding diaryl/α,β-unsaturated/α-hetero) is 1. The van der Waals surface area contributed by atoms with Crippen LogP contribution in [0, 0.1) is 0 Å². The molecule has 0 fully saturated rings. The van der Waals surface area contributed by atoms with Crippen LogP contribution in [0.3, 0.4) is 0 Å². The van der Waals surface area contributed by atoms with Crippen LogP contribution in [-0.2, 0) is 32.0 Å². The highest BCUT2D eigenvalue weighted by molar-refractivity contribution is 5.88. The molecule has 188 valence electrons. The fourth-order valence-corrected chi connectivity index (χ4v) is 3.29. The van der Waals surface area contributed by atoms with E-state index in [-0.39, 0.29) is 36.9 Å². The predicted octanol–water partition coefficient (Wildman–Crippen LogP) is 3.16. The predicted molar refractivity (Wildman–Crippen MR) is 132 cm³/mol. The summed E-state index contributed by atoms with van der Waals surface area (Å²) in [6, 6.07) is 13.5. The zero-order valence-corrected chi connectivity index (χ0v) is 20.6. The van der Waals surface area contributed by atoms with E-state index in [1.807, 2.05) is 31.2 Å². The summed E-state index contributed by atoms with van der Waals surface area (Å²) < 4.78 is 10.4. The van der Waals surface area contributed by atoms with E-state index < -0.39 is 12.0 Å². The number of esters is 1. The molecule has 0 aliphatic carbocycles. The number of ketones is 1. The Bertz CT molecular complexity index is 986. The van der Waals surface area contributed by atoms with E-state index in [1.54, 1.807) is 31.4 Å². The Labute approximate surface area is 206 Å². The SMILES string of the molecule is CCCNC(=O)C(Cc1ccc(OC(=O)CCC(C)=O)cc1)NC(=O)CCc1ccc(OC)cc1. The molecule has 2 aromatic carbocycles. The number of rotatable bonds is 14. The minimum atomic E-state index is -0.728. The first-order valence-corrected chi connectivity index (χ1v) is 11.8. The number of nitrogens with one attached hydrogen (secondary N) is 2. The second-order valence-electron chi connectivity index (χ2n) is 8.28. The summed E-state index contributed by atoms with van der Waals surface area (Å²) in [5.74, 6) is 0.100. The first-order valence-electron chi connectivity index (χ1n) is 11.8. The maximum atomic E-state index is 12.7. The molecule has 0 radical (unpaired) electrons. The maximum Gasteiger partial charge on any atom is 0.311 e. The van der Waals surface area contributed by atoms with Gasteiger partial charge in [-0.15, -0.1) is 0 Å². The minimum absolute atomic E-state index is 0.0271. The molecule has 35 heavy (non-hydrogen) atoms. The zero-order valence-electron chi connectivity index (χ0n) is 20.6. The van der Waals surface area contributed by atoms with Crippen LogP contribution >= 0.6 is 0 Å². The molecule has 8 nitrogen and oxygen atoms in total. The largest absolute Gasteiger partial charge is 0.497 e. The Kier molecular flexibility index (Phi) is 11.5. The third-order valence-corrected chi connectivity index (χ3v) is 5.28. The van der Waals surface area contributed by atoms with Crippen molar-refractivity contribution >= 4 is 23.6 Å². The Hall–Kier alpha value is -3.68. The van der Waals surface area contributed by atoms with E-state index in [4.69, 9.17) is 9.47 Å². The molecule has 0 saturated carbocycles. The van der Waals surface area contributed by atoms with Crippen molar-refractivity contribution in [3.8, 4) is 11.5 Å². The number of carbonyl (C=O) groups is 4. The van der Waals surface area contributed by atoms with Gasteiger partial charge in [-0.05, 0) is 55.2 Å². The highest BCUT2D eigenvalue weighted by Crippen LogP contribution is 2.16. The number of hydrogen-bond acceptors (Lipinski definition) is 6. The fraction of sp³-hybridized carbons (Fsp3) is 0.407. The topological polar surface area (TPSA) is 111 Å². The van der Waals surface area contributed by atoms with Gasteiger partial charge in [0.15, 0.2) is 0 Å². The molecular weight excluding hydrogens is 448 g/mol. The van der Waals surface area contributed by atoms with Gasteiger partial charge in [0.05, 0.1) is 13.5 Å². The van der Waals surface area contributed by atoms with E-state index >= 15 is 0 Å². The standard InChI is InChI=1S/C27H34N2O6/c1-4-17-28-27(33)24(29-25(31)15-10-20-6-11-22(34-3)12-7-20)18-21-8-13-23(14-9-21)35-26(32)16-5-19(2)30/h6-9,11-14,24H,4-5,10,15-18H2,1-3H3,(H,28,33)(H,29,31). The average Bonchev–Trinajstić information content (AvgIpc) is 2.85. The smallest absolute Gasteiger partial charge is 0.311 e. The molecule has 1 unspecified atom stereocenters. The lowest BCUT2D eigenvalue weighted by Gasteiger charge is -2.19. The van der Waals surface area contributed by atoms with E-state index in [1.165, 1.54) is 6.92 Å². The third-order valence-electron chi connectivity index (χ3n) is 5.28. The highest BCUT2D eigenvalue weighted by Gasteiger charge is 2.21. The normalized spacial score (nSPS) is 11.3. The van der Waals surface area contributed by atoms with E-state index in [9.17, 15) is 19.2 Å². The lowest BCUT2D eigenvalue weighted by Crippen LogP contribution is -2.48. The van der Waals surface area contributed by atoms with Gasteiger partial charge in [-0.2, -0.15) is 0 Å². The summed E-state index contributed by atoms with van der Waals surface area (Å²) in [5, 5.41) is 5.69. The number of carbonyl (C=O) groups excluding carboxylic acids is 4. The van der Waals surface area contributed by atoms with Crippen LogP contribution in [0.2, 0.25) is 0 Å². The van der Waals surface area contributed by atoms with Crippen LogP contribution in [-0.4, -0.2) is 43.3 Å². The Morgan fingerprint density at radius 2 is 1.49 bits per heavy atom. The van der Waals surface area contributed by atoms with E-state index in [0.29, 0.717) is 25.1 Å². The Morgan fingerprint density at radius 3 is 2.09 bits per heavy atom. The summed E-state index contributed by atoms with van der Waals surface area (Å²) in [6.07, 6.45) is 2.04. The van der Waals surface area contributed by atoms with Crippen LogP contribution in [0.25, 0.3) is 0 Å². The lowest BCUT2D eigenvalue weighted by atomic mass is 10.0. The van der Waals surface area contributed by atoms with Crippen molar-refractivity contribution in [2.75, 3.05) is 13.7 Å². The Balaban J connectivity index is 1.96. The van der Waals surface area contributed by atoms with Crippen LogP contribution < -0.4 is 20.1 Å². The van der Waals surface area contributed by atoms with Gasteiger partial charge in [0, 0.05) is 25.8 Å². The van der Waals surface area contributed by atoms with Gasteiger partial charge in [-0.25, -0.2) is 0 Å². The van der Waals surface area contributed by atoms with Crippen LogP contribution in [0.5, 0.6) is 11.5 Å². The second kappa shape index (κ2) is 14.6. The van der Waals surface area contributed by atoms with Crippen molar-refractivity contribution in [3.05, 3.63) is 59.7 Å². The third kappa shape index (κ3) is 10.4. The molecule has 2 aromatic rings. The van der Waals surface area contributed by atoms with E-state index in [0.717, 1.165) is 23.3 Å². The van der Waals surface area contributed by atoms with Crippen molar-refractivity contribution in [2.45, 2.75) is 58.4 Å². The number of hydrogen-bond donors (Lipinski definition) is 2. The Morgan fingerprint density at radius 1 is 0.857 bits per heavy atom. The quantitative estimate of drug-likeness (QED) is 0.316. The van der Waals surface area contributed by atoms with Crippen molar-refractivity contribution in [2.24, 2.45) is 0 Å². The molecule has 2 N–H and O–H groups in total. The van der Waals surface area contributed by atoms with Crippen molar-refractivity contribution < 1.29 is 28.7 Å².